The third-order valence-electron chi connectivity index (χ3n) is 3.72. The second-order valence-corrected chi connectivity index (χ2v) is 8.31. The molecule has 0 unspecified atom stereocenters. The number of anilines is 1. The Balaban J connectivity index is 1.60. The smallest absolute Gasteiger partial charge is 0.238 e. The number of H-pyrrole nitrogens is 1. The molecular formula is C18H18N4O3S2. The second kappa shape index (κ2) is 7.95. The van der Waals surface area contributed by atoms with Crippen LogP contribution in [0.3, 0.4) is 0 Å². The predicted octanol–water partition coefficient (Wildman–Crippen LogP) is 2.76. The Morgan fingerprint density at radius 2 is 1.81 bits per heavy atom. The van der Waals surface area contributed by atoms with Gasteiger partial charge in [-0.2, -0.15) is 0 Å². The number of sulfonamides is 1. The summed E-state index contributed by atoms with van der Waals surface area (Å²) in [7, 11) is -3.75. The number of aryl methyl sites for hydroxylation is 1. The van der Waals surface area contributed by atoms with Gasteiger partial charge in [0.1, 0.15) is 0 Å². The summed E-state index contributed by atoms with van der Waals surface area (Å²) in [5, 5.41) is 8.41. The van der Waals surface area contributed by atoms with Crippen molar-refractivity contribution < 1.29 is 13.2 Å². The van der Waals surface area contributed by atoms with Gasteiger partial charge in [0.15, 0.2) is 5.16 Å². The third-order valence-corrected chi connectivity index (χ3v) is 5.52. The molecule has 0 radical (unpaired) electrons. The Morgan fingerprint density at radius 3 is 2.44 bits per heavy atom. The van der Waals surface area contributed by atoms with Crippen molar-refractivity contribution in [2.45, 2.75) is 17.0 Å². The molecule has 4 N–H and O–H groups in total. The first kappa shape index (κ1) is 19.2. The van der Waals surface area contributed by atoms with E-state index in [4.69, 9.17) is 5.14 Å². The molecule has 7 nitrogen and oxygen atoms in total. The fourth-order valence-corrected chi connectivity index (χ4v) is 3.67. The largest absolute Gasteiger partial charge is 0.337 e. The summed E-state index contributed by atoms with van der Waals surface area (Å²) in [6, 6.07) is 15.5. The van der Waals surface area contributed by atoms with E-state index in [9.17, 15) is 13.2 Å². The SMILES string of the molecule is Cc1[nH]c(SCC(=O)Nc2ccc(S(N)(=O)=O)cc2)nc1-c1ccccc1. The van der Waals surface area contributed by atoms with Gasteiger partial charge in [-0.1, -0.05) is 42.1 Å². The maximum absolute atomic E-state index is 12.1. The molecule has 1 heterocycles. The second-order valence-electron chi connectivity index (χ2n) is 5.79. The fourth-order valence-electron chi connectivity index (χ4n) is 2.44. The number of hydrogen-bond donors (Lipinski definition) is 3. The molecule has 27 heavy (non-hydrogen) atoms. The van der Waals surface area contributed by atoms with E-state index < -0.39 is 10.0 Å². The van der Waals surface area contributed by atoms with Crippen LogP contribution in [0.2, 0.25) is 0 Å². The number of nitrogens with one attached hydrogen (secondary N) is 2. The van der Waals surface area contributed by atoms with Crippen molar-refractivity contribution >= 4 is 33.4 Å². The Bertz CT molecular complexity index is 1050. The summed E-state index contributed by atoms with van der Waals surface area (Å²) in [5.41, 5.74) is 3.30. The topological polar surface area (TPSA) is 118 Å². The summed E-state index contributed by atoms with van der Waals surface area (Å²) in [4.78, 5) is 19.8. The van der Waals surface area contributed by atoms with Crippen molar-refractivity contribution in [2.75, 3.05) is 11.1 Å². The van der Waals surface area contributed by atoms with Crippen LogP contribution in [-0.4, -0.2) is 30.0 Å². The van der Waals surface area contributed by atoms with Crippen LogP contribution in [0.25, 0.3) is 11.3 Å². The molecule has 0 saturated heterocycles. The quantitative estimate of drug-likeness (QED) is 0.548. The monoisotopic (exact) mass is 402 g/mol. The number of aromatic amines is 1. The number of nitrogens with zero attached hydrogens (tertiary/aromatic N) is 1. The lowest BCUT2D eigenvalue weighted by atomic mass is 10.1. The highest BCUT2D eigenvalue weighted by Crippen LogP contribution is 2.25. The van der Waals surface area contributed by atoms with Crippen molar-refractivity contribution in [1.29, 1.82) is 0 Å². The first-order valence-corrected chi connectivity index (χ1v) is 10.5. The van der Waals surface area contributed by atoms with Crippen LogP contribution >= 0.6 is 11.8 Å². The number of amides is 1. The fraction of sp³-hybridized carbons (Fsp3) is 0.111. The van der Waals surface area contributed by atoms with Gasteiger partial charge in [-0.25, -0.2) is 18.5 Å². The normalized spacial score (nSPS) is 11.3. The minimum Gasteiger partial charge on any atom is -0.337 e. The molecule has 2 aromatic carbocycles. The van der Waals surface area contributed by atoms with E-state index >= 15 is 0 Å². The third kappa shape index (κ3) is 4.97. The molecule has 9 heteroatoms. The van der Waals surface area contributed by atoms with Crippen molar-refractivity contribution in [2.24, 2.45) is 5.14 Å². The van der Waals surface area contributed by atoms with Gasteiger partial charge in [0.05, 0.1) is 16.3 Å². The summed E-state index contributed by atoms with van der Waals surface area (Å²) in [6.07, 6.45) is 0. The Kier molecular flexibility index (Phi) is 5.64. The van der Waals surface area contributed by atoms with Gasteiger partial charge in [0.2, 0.25) is 15.9 Å². The molecule has 0 aliphatic carbocycles. The highest BCUT2D eigenvalue weighted by atomic mass is 32.2. The zero-order chi connectivity index (χ0) is 19.4. The van der Waals surface area contributed by atoms with Gasteiger partial charge < -0.3 is 10.3 Å². The van der Waals surface area contributed by atoms with E-state index in [1.807, 2.05) is 37.3 Å². The molecule has 0 spiro atoms. The Hall–Kier alpha value is -2.62. The number of carbonyl (C=O) groups is 1. The molecule has 1 amide bonds. The number of carbonyl (C=O) groups excluding carboxylic acids is 1. The number of primary sulfonamides is 1. The molecule has 0 bridgehead atoms. The van der Waals surface area contributed by atoms with Gasteiger partial charge in [-0.05, 0) is 31.2 Å². The standard InChI is InChI=1S/C18H18N4O3S2/c1-12-17(13-5-3-2-4-6-13)22-18(20-12)26-11-16(23)21-14-7-9-15(10-8-14)27(19,24)25/h2-10H,11H2,1H3,(H,20,22)(H,21,23)(H2,19,24,25). The number of imidazole rings is 1. The van der Waals surface area contributed by atoms with Crippen LogP contribution in [0.15, 0.2) is 64.6 Å². The van der Waals surface area contributed by atoms with E-state index in [2.05, 4.69) is 15.3 Å². The molecule has 0 aliphatic heterocycles. The average Bonchev–Trinajstić information content (AvgIpc) is 3.01. The van der Waals surface area contributed by atoms with Crippen LogP contribution in [0, 0.1) is 6.92 Å². The van der Waals surface area contributed by atoms with Crippen molar-refractivity contribution in [3.63, 3.8) is 0 Å². The average molecular weight is 403 g/mol. The van der Waals surface area contributed by atoms with Crippen LogP contribution in [0.4, 0.5) is 5.69 Å². The summed E-state index contributed by atoms with van der Waals surface area (Å²) in [5.74, 6) is -0.0587. The number of benzene rings is 2. The maximum Gasteiger partial charge on any atom is 0.238 e. The molecule has 3 aromatic rings. The van der Waals surface area contributed by atoms with Crippen molar-refractivity contribution in [3.05, 3.63) is 60.3 Å². The minimum atomic E-state index is -3.75. The number of hydrogen-bond acceptors (Lipinski definition) is 5. The maximum atomic E-state index is 12.1. The minimum absolute atomic E-state index is 0.00521. The van der Waals surface area contributed by atoms with Crippen LogP contribution in [-0.2, 0) is 14.8 Å². The van der Waals surface area contributed by atoms with E-state index in [-0.39, 0.29) is 16.6 Å². The Morgan fingerprint density at radius 1 is 1.15 bits per heavy atom. The first-order valence-electron chi connectivity index (χ1n) is 8.00. The van der Waals surface area contributed by atoms with Gasteiger partial charge in [0.25, 0.3) is 0 Å². The van der Waals surface area contributed by atoms with E-state index in [0.717, 1.165) is 17.0 Å². The predicted molar refractivity (Wildman–Crippen MR) is 106 cm³/mol. The van der Waals surface area contributed by atoms with Crippen LogP contribution in [0.5, 0.6) is 0 Å². The molecule has 3 rings (SSSR count). The van der Waals surface area contributed by atoms with Gasteiger partial charge in [0, 0.05) is 16.9 Å². The molecule has 1 aromatic heterocycles. The molecular weight excluding hydrogens is 384 g/mol. The van der Waals surface area contributed by atoms with Gasteiger partial charge >= 0.3 is 0 Å². The van der Waals surface area contributed by atoms with Gasteiger partial charge in [-0.3, -0.25) is 4.79 Å². The van der Waals surface area contributed by atoms with E-state index in [1.165, 1.54) is 36.0 Å². The van der Waals surface area contributed by atoms with Crippen LogP contribution < -0.4 is 10.5 Å². The molecule has 0 fully saturated rings. The zero-order valence-electron chi connectivity index (χ0n) is 14.5. The van der Waals surface area contributed by atoms with E-state index in [0.29, 0.717) is 10.8 Å². The van der Waals surface area contributed by atoms with Crippen molar-refractivity contribution in [1.82, 2.24) is 9.97 Å². The number of aromatic nitrogens is 2. The Labute approximate surface area is 161 Å². The number of nitrogens with two attached hydrogens (primary N) is 1. The summed E-state index contributed by atoms with van der Waals surface area (Å²) < 4.78 is 22.5. The zero-order valence-corrected chi connectivity index (χ0v) is 16.1. The van der Waals surface area contributed by atoms with E-state index in [1.54, 1.807) is 0 Å². The number of rotatable bonds is 6. The van der Waals surface area contributed by atoms with Crippen molar-refractivity contribution in [3.8, 4) is 11.3 Å². The molecule has 0 atom stereocenters. The molecule has 0 saturated carbocycles. The van der Waals surface area contributed by atoms with Gasteiger partial charge in [-0.15, -0.1) is 0 Å². The first-order chi connectivity index (χ1) is 12.8. The summed E-state index contributed by atoms with van der Waals surface area (Å²) >= 11 is 1.29. The lowest BCUT2D eigenvalue weighted by Gasteiger charge is -2.05. The highest BCUT2D eigenvalue weighted by molar-refractivity contribution is 7.99. The lowest BCUT2D eigenvalue weighted by molar-refractivity contribution is -0.113. The molecule has 140 valence electrons. The number of thioether (sulfide) groups is 1. The summed E-state index contributed by atoms with van der Waals surface area (Å²) in [6.45, 7) is 1.94. The lowest BCUT2D eigenvalue weighted by Crippen LogP contribution is -2.15. The van der Waals surface area contributed by atoms with Crippen LogP contribution in [0.1, 0.15) is 5.69 Å². The highest BCUT2D eigenvalue weighted by Gasteiger charge is 2.12. The molecule has 0 aliphatic rings.